The fraction of sp³-hybridized carbons (Fsp3) is 0.208. The Morgan fingerprint density at radius 2 is 1.86 bits per heavy atom. The normalized spacial score (nSPS) is 12.2. The first-order valence-corrected chi connectivity index (χ1v) is 9.53. The predicted octanol–water partition coefficient (Wildman–Crippen LogP) is 5.10. The Kier molecular flexibility index (Phi) is 5.13. The summed E-state index contributed by atoms with van der Waals surface area (Å²) in [5.41, 5.74) is 5.75. The van der Waals surface area contributed by atoms with Gasteiger partial charge in [0.1, 0.15) is 5.75 Å². The number of nitrogens with zero attached hydrogens (tertiary/aromatic N) is 2. The second-order valence-electron chi connectivity index (χ2n) is 7.12. The van der Waals surface area contributed by atoms with E-state index in [-0.39, 0.29) is 0 Å². The Hall–Kier alpha value is -3.11. The molecule has 3 aromatic carbocycles. The number of hydrogen-bond acceptors (Lipinski definition) is 3. The summed E-state index contributed by atoms with van der Waals surface area (Å²) in [6.07, 6.45) is 2.04. The summed E-state index contributed by atoms with van der Waals surface area (Å²) < 4.78 is 7.47. The lowest BCUT2D eigenvalue weighted by Gasteiger charge is -2.16. The molecule has 4 heteroatoms. The Balaban J connectivity index is 1.60. The molecule has 0 fully saturated rings. The van der Waals surface area contributed by atoms with Crippen molar-refractivity contribution in [1.82, 2.24) is 15.1 Å². The van der Waals surface area contributed by atoms with Gasteiger partial charge < -0.3 is 10.1 Å². The van der Waals surface area contributed by atoms with Gasteiger partial charge in [0.05, 0.1) is 12.6 Å². The van der Waals surface area contributed by atoms with Crippen LogP contribution in [0.5, 0.6) is 5.75 Å². The molecule has 1 aromatic heterocycles. The highest BCUT2D eigenvalue weighted by atomic mass is 16.5. The average Bonchev–Trinajstić information content (AvgIpc) is 3.11. The zero-order valence-electron chi connectivity index (χ0n) is 16.5. The van der Waals surface area contributed by atoms with Crippen molar-refractivity contribution in [3.63, 3.8) is 0 Å². The van der Waals surface area contributed by atoms with Gasteiger partial charge in [-0.05, 0) is 47.9 Å². The van der Waals surface area contributed by atoms with Gasteiger partial charge in [-0.15, -0.1) is 0 Å². The van der Waals surface area contributed by atoms with Crippen LogP contribution in [-0.4, -0.2) is 16.9 Å². The van der Waals surface area contributed by atoms with E-state index in [1.165, 1.54) is 11.1 Å². The monoisotopic (exact) mass is 371 g/mol. The van der Waals surface area contributed by atoms with Crippen molar-refractivity contribution in [2.45, 2.75) is 19.5 Å². The van der Waals surface area contributed by atoms with Crippen molar-refractivity contribution in [3.8, 4) is 16.9 Å². The van der Waals surface area contributed by atoms with Crippen LogP contribution in [0.15, 0.2) is 72.9 Å². The smallest absolute Gasteiger partial charge is 0.126 e. The number of hydrogen-bond donors (Lipinski definition) is 1. The topological polar surface area (TPSA) is 39.1 Å². The third-order valence-electron chi connectivity index (χ3n) is 5.11. The molecule has 0 spiro atoms. The van der Waals surface area contributed by atoms with Crippen LogP contribution in [-0.2, 0) is 13.6 Å². The van der Waals surface area contributed by atoms with Crippen molar-refractivity contribution in [3.05, 3.63) is 84.1 Å². The van der Waals surface area contributed by atoms with Crippen LogP contribution in [0, 0.1) is 0 Å². The molecular formula is C24H25N3O. The fourth-order valence-electron chi connectivity index (χ4n) is 3.54. The molecule has 0 aliphatic heterocycles. The van der Waals surface area contributed by atoms with E-state index >= 15 is 0 Å². The number of ether oxygens (including phenoxy) is 1. The summed E-state index contributed by atoms with van der Waals surface area (Å²) in [7, 11) is 3.66. The molecule has 0 radical (unpaired) electrons. The van der Waals surface area contributed by atoms with Crippen LogP contribution in [0.1, 0.15) is 24.1 Å². The minimum Gasteiger partial charge on any atom is -0.496 e. The first kappa shape index (κ1) is 18.3. The van der Waals surface area contributed by atoms with E-state index in [2.05, 4.69) is 71.9 Å². The molecule has 1 heterocycles. The van der Waals surface area contributed by atoms with Crippen LogP contribution in [0.2, 0.25) is 0 Å². The summed E-state index contributed by atoms with van der Waals surface area (Å²) >= 11 is 0. The number of rotatable bonds is 6. The minimum atomic E-state index is 0.290. The molecule has 4 aromatic rings. The molecule has 0 unspecified atom stereocenters. The molecule has 1 atom stereocenters. The van der Waals surface area contributed by atoms with E-state index in [0.29, 0.717) is 6.04 Å². The standard InChI is InChI=1S/C24H25N3O/c1-17(19-7-5-4-6-8-19)25-15-18-9-12-24(28-3)22(13-18)20-10-11-23-21(14-20)16-27(2)26-23/h4-14,16-17,25H,15H2,1-3H3/t17-/m1/s1. The summed E-state index contributed by atoms with van der Waals surface area (Å²) in [6, 6.07) is 23.5. The van der Waals surface area contributed by atoms with Crippen molar-refractivity contribution < 1.29 is 4.74 Å². The molecule has 0 aliphatic carbocycles. The quantitative estimate of drug-likeness (QED) is 0.512. The highest BCUT2D eigenvalue weighted by Crippen LogP contribution is 2.33. The van der Waals surface area contributed by atoms with Gasteiger partial charge >= 0.3 is 0 Å². The van der Waals surface area contributed by atoms with Gasteiger partial charge in [0.2, 0.25) is 0 Å². The number of fused-ring (bicyclic) bond motifs is 1. The number of aromatic nitrogens is 2. The first-order chi connectivity index (χ1) is 13.6. The van der Waals surface area contributed by atoms with E-state index in [9.17, 15) is 0 Å². The summed E-state index contributed by atoms with van der Waals surface area (Å²) in [4.78, 5) is 0. The highest BCUT2D eigenvalue weighted by Gasteiger charge is 2.10. The van der Waals surface area contributed by atoms with Crippen molar-refractivity contribution in [1.29, 1.82) is 0 Å². The largest absolute Gasteiger partial charge is 0.496 e. The number of methoxy groups -OCH3 is 1. The molecule has 28 heavy (non-hydrogen) atoms. The maximum Gasteiger partial charge on any atom is 0.126 e. The first-order valence-electron chi connectivity index (χ1n) is 9.53. The van der Waals surface area contributed by atoms with E-state index < -0.39 is 0 Å². The maximum absolute atomic E-state index is 5.63. The molecular weight excluding hydrogens is 346 g/mol. The Morgan fingerprint density at radius 1 is 1.04 bits per heavy atom. The zero-order valence-corrected chi connectivity index (χ0v) is 16.5. The van der Waals surface area contributed by atoms with Crippen LogP contribution < -0.4 is 10.1 Å². The third kappa shape index (κ3) is 3.78. The average molecular weight is 371 g/mol. The number of nitrogens with one attached hydrogen (secondary N) is 1. The lowest BCUT2D eigenvalue weighted by atomic mass is 10.00. The van der Waals surface area contributed by atoms with Gasteiger partial charge in [-0.25, -0.2) is 0 Å². The summed E-state index contributed by atoms with van der Waals surface area (Å²) in [6.45, 7) is 2.98. The molecule has 4 rings (SSSR count). The van der Waals surface area contributed by atoms with Crippen molar-refractivity contribution >= 4 is 10.9 Å². The molecule has 0 saturated heterocycles. The van der Waals surface area contributed by atoms with E-state index in [0.717, 1.165) is 34.3 Å². The SMILES string of the molecule is COc1ccc(CN[C@H](C)c2ccccc2)cc1-c1ccc2nn(C)cc2c1. The maximum atomic E-state index is 5.63. The third-order valence-corrected chi connectivity index (χ3v) is 5.11. The van der Waals surface area contributed by atoms with E-state index in [4.69, 9.17) is 4.74 Å². The van der Waals surface area contributed by atoms with Crippen LogP contribution in [0.4, 0.5) is 0 Å². The van der Waals surface area contributed by atoms with Crippen molar-refractivity contribution in [2.75, 3.05) is 7.11 Å². The second kappa shape index (κ2) is 7.87. The fourth-order valence-corrected chi connectivity index (χ4v) is 3.54. The van der Waals surface area contributed by atoms with Crippen LogP contribution in [0.25, 0.3) is 22.0 Å². The zero-order chi connectivity index (χ0) is 19.5. The lowest BCUT2D eigenvalue weighted by Crippen LogP contribution is -2.18. The molecule has 1 N–H and O–H groups in total. The van der Waals surface area contributed by atoms with Gasteiger partial charge in [0, 0.05) is 36.8 Å². The number of benzene rings is 3. The predicted molar refractivity (Wildman–Crippen MR) is 114 cm³/mol. The van der Waals surface area contributed by atoms with E-state index in [1.807, 2.05) is 30.1 Å². The van der Waals surface area contributed by atoms with Gasteiger partial charge in [-0.2, -0.15) is 5.10 Å². The second-order valence-corrected chi connectivity index (χ2v) is 7.12. The van der Waals surface area contributed by atoms with Crippen molar-refractivity contribution in [2.24, 2.45) is 7.05 Å². The molecule has 0 amide bonds. The minimum absolute atomic E-state index is 0.290. The highest BCUT2D eigenvalue weighted by molar-refractivity contribution is 5.85. The molecule has 0 aliphatic rings. The molecule has 0 bridgehead atoms. The summed E-state index contributed by atoms with van der Waals surface area (Å²) in [5.74, 6) is 0.878. The Bertz CT molecular complexity index is 1090. The van der Waals surface area contributed by atoms with Crippen LogP contribution >= 0.6 is 0 Å². The molecule has 142 valence electrons. The van der Waals surface area contributed by atoms with E-state index in [1.54, 1.807) is 7.11 Å². The summed E-state index contributed by atoms with van der Waals surface area (Å²) in [5, 5.41) is 9.20. The van der Waals surface area contributed by atoms with Crippen LogP contribution in [0.3, 0.4) is 0 Å². The molecule has 4 nitrogen and oxygen atoms in total. The lowest BCUT2D eigenvalue weighted by molar-refractivity contribution is 0.416. The molecule has 0 saturated carbocycles. The Morgan fingerprint density at radius 3 is 2.64 bits per heavy atom. The van der Waals surface area contributed by atoms with Gasteiger partial charge in [-0.3, -0.25) is 4.68 Å². The van der Waals surface area contributed by atoms with Gasteiger partial charge in [0.25, 0.3) is 0 Å². The number of aryl methyl sites for hydroxylation is 1. The van der Waals surface area contributed by atoms with Gasteiger partial charge in [-0.1, -0.05) is 42.5 Å². The Labute approximate surface area is 165 Å². The van der Waals surface area contributed by atoms with Gasteiger partial charge in [0.15, 0.2) is 0 Å².